The van der Waals surface area contributed by atoms with Crippen LogP contribution in [0.15, 0.2) is 36.7 Å². The number of aliphatic hydroxyl groups is 1. The summed E-state index contributed by atoms with van der Waals surface area (Å²) in [6.07, 6.45) is 13.1. The lowest BCUT2D eigenvalue weighted by atomic mass is 9.79. The van der Waals surface area contributed by atoms with Crippen molar-refractivity contribution in [1.82, 2.24) is 15.0 Å². The lowest BCUT2D eigenvalue weighted by molar-refractivity contribution is -0.124. The molecule has 0 spiro atoms. The zero-order valence-electron chi connectivity index (χ0n) is 23.6. The van der Waals surface area contributed by atoms with Crippen LogP contribution in [0.4, 0.5) is 5.82 Å². The number of hydrogen-bond donors (Lipinski definition) is 1. The van der Waals surface area contributed by atoms with Gasteiger partial charge in [0.1, 0.15) is 11.6 Å². The molecule has 0 bridgehead atoms. The molecule has 3 aliphatic rings. The topological polar surface area (TPSA) is 88.4 Å². The number of aromatic nitrogens is 3. The van der Waals surface area contributed by atoms with Crippen LogP contribution in [0.5, 0.6) is 5.75 Å². The normalized spacial score (nSPS) is 25.0. The van der Waals surface area contributed by atoms with Crippen LogP contribution in [0.1, 0.15) is 92.4 Å². The third kappa shape index (κ3) is 6.08. The Morgan fingerprint density at radius 2 is 1.75 bits per heavy atom. The van der Waals surface area contributed by atoms with Crippen LogP contribution in [0.2, 0.25) is 0 Å². The number of amides is 1. The summed E-state index contributed by atoms with van der Waals surface area (Å²) in [6, 6.07) is 8.24. The molecule has 0 radical (unpaired) electrons. The number of nitrogens with zero attached hydrogens (tertiary/aromatic N) is 4. The van der Waals surface area contributed by atoms with Gasteiger partial charge in [0, 0.05) is 42.4 Å². The van der Waals surface area contributed by atoms with E-state index >= 15 is 0 Å². The van der Waals surface area contributed by atoms with Crippen LogP contribution in [0, 0.1) is 18.8 Å². The van der Waals surface area contributed by atoms with E-state index in [2.05, 4.69) is 17.1 Å². The zero-order chi connectivity index (χ0) is 27.6. The van der Waals surface area contributed by atoms with Crippen molar-refractivity contribution in [2.24, 2.45) is 11.8 Å². The van der Waals surface area contributed by atoms with Crippen LogP contribution in [0.3, 0.4) is 0 Å². The Kier molecular flexibility index (Phi) is 8.17. The number of ether oxygens (including phenoxy) is 1. The SMILES string of the molecule is COc1ccc(C2CCC(CN(C(=O)C3CCC(O)CC3)c3cc(-c4cnc(C5CC5)s4)ccn3)CC2)nc1C. The monoisotopic (exact) mass is 560 g/mol. The van der Waals surface area contributed by atoms with Crippen molar-refractivity contribution >= 4 is 23.1 Å². The van der Waals surface area contributed by atoms with E-state index in [0.717, 1.165) is 71.9 Å². The number of pyridine rings is 2. The number of carbonyl (C=O) groups is 1. The standard InChI is InChI=1S/C32H40N4O3S/c1-20-28(39-2)14-13-27(35-20)22-5-3-21(4-6-22)19-36(32(38)24-9-11-26(37)12-10-24)30-17-25(15-16-33-30)29-18-34-31(40-29)23-7-8-23/h13-18,21-24,26,37H,3-12,19H2,1-2H3. The molecule has 3 fully saturated rings. The first-order chi connectivity index (χ1) is 19.5. The Hall–Kier alpha value is -2.84. The minimum Gasteiger partial charge on any atom is -0.495 e. The van der Waals surface area contributed by atoms with Crippen molar-refractivity contribution < 1.29 is 14.6 Å². The lowest BCUT2D eigenvalue weighted by Crippen LogP contribution is -2.42. The molecule has 0 saturated heterocycles. The van der Waals surface area contributed by atoms with Gasteiger partial charge >= 0.3 is 0 Å². The van der Waals surface area contributed by atoms with Crippen molar-refractivity contribution in [2.45, 2.75) is 89.1 Å². The average Bonchev–Trinajstić information content (AvgIpc) is 3.72. The quantitative estimate of drug-likeness (QED) is 0.332. The highest BCUT2D eigenvalue weighted by Gasteiger charge is 2.33. The smallest absolute Gasteiger partial charge is 0.231 e. The number of aliphatic hydroxyl groups excluding tert-OH is 1. The number of methoxy groups -OCH3 is 1. The average molecular weight is 561 g/mol. The van der Waals surface area contributed by atoms with E-state index in [1.807, 2.05) is 36.4 Å². The van der Waals surface area contributed by atoms with Crippen molar-refractivity contribution in [3.63, 3.8) is 0 Å². The van der Waals surface area contributed by atoms with Gasteiger partial charge in [-0.05, 0) is 107 Å². The molecule has 1 amide bonds. The van der Waals surface area contributed by atoms with Gasteiger partial charge < -0.3 is 9.84 Å². The first kappa shape index (κ1) is 27.3. The van der Waals surface area contributed by atoms with Crippen LogP contribution in [-0.4, -0.2) is 45.7 Å². The second-order valence-electron chi connectivity index (χ2n) is 11.9. The summed E-state index contributed by atoms with van der Waals surface area (Å²) in [4.78, 5) is 31.3. The first-order valence-electron chi connectivity index (χ1n) is 14.9. The number of thiazole rings is 1. The summed E-state index contributed by atoms with van der Waals surface area (Å²) in [5, 5.41) is 11.3. The summed E-state index contributed by atoms with van der Waals surface area (Å²) in [5.41, 5.74) is 3.17. The summed E-state index contributed by atoms with van der Waals surface area (Å²) in [5.74, 6) is 3.17. The van der Waals surface area contributed by atoms with Crippen molar-refractivity contribution in [1.29, 1.82) is 0 Å². The zero-order valence-corrected chi connectivity index (χ0v) is 24.4. The summed E-state index contributed by atoms with van der Waals surface area (Å²) < 4.78 is 5.40. The van der Waals surface area contributed by atoms with Gasteiger partial charge in [0.05, 0.1) is 28.8 Å². The van der Waals surface area contributed by atoms with Gasteiger partial charge in [-0.25, -0.2) is 9.97 Å². The summed E-state index contributed by atoms with van der Waals surface area (Å²) in [7, 11) is 1.69. The van der Waals surface area contributed by atoms with E-state index in [1.54, 1.807) is 18.4 Å². The fourth-order valence-corrected chi connectivity index (χ4v) is 7.49. The molecule has 3 saturated carbocycles. The van der Waals surface area contributed by atoms with Crippen molar-refractivity contribution in [2.75, 3.05) is 18.6 Å². The minimum absolute atomic E-state index is 0.0541. The molecule has 8 heteroatoms. The number of rotatable bonds is 8. The van der Waals surface area contributed by atoms with Gasteiger partial charge in [-0.15, -0.1) is 11.3 Å². The van der Waals surface area contributed by atoms with E-state index in [0.29, 0.717) is 37.1 Å². The molecule has 6 rings (SSSR count). The molecule has 212 valence electrons. The van der Waals surface area contributed by atoms with Gasteiger partial charge in [-0.3, -0.25) is 14.7 Å². The van der Waals surface area contributed by atoms with E-state index in [-0.39, 0.29) is 17.9 Å². The van der Waals surface area contributed by atoms with Crippen molar-refractivity contribution in [3.8, 4) is 16.2 Å². The molecule has 3 heterocycles. The minimum atomic E-state index is -0.281. The molecule has 0 unspecified atom stereocenters. The number of hydrogen-bond acceptors (Lipinski definition) is 7. The van der Waals surface area contributed by atoms with Gasteiger partial charge in [0.15, 0.2) is 0 Å². The molecule has 3 aromatic heterocycles. The van der Waals surface area contributed by atoms with Crippen molar-refractivity contribution in [3.05, 3.63) is 53.1 Å². The molecule has 1 N–H and O–H groups in total. The Balaban J connectivity index is 1.19. The first-order valence-corrected chi connectivity index (χ1v) is 15.7. The van der Waals surface area contributed by atoms with Crippen LogP contribution in [-0.2, 0) is 4.79 Å². The highest BCUT2D eigenvalue weighted by Crippen LogP contribution is 2.44. The maximum absolute atomic E-state index is 14.0. The van der Waals surface area contributed by atoms with Gasteiger partial charge in [0.25, 0.3) is 0 Å². The Morgan fingerprint density at radius 1 is 1.00 bits per heavy atom. The third-order valence-corrected chi connectivity index (χ3v) is 10.3. The maximum atomic E-state index is 14.0. The van der Waals surface area contributed by atoms with Gasteiger partial charge in [0.2, 0.25) is 5.91 Å². The summed E-state index contributed by atoms with van der Waals surface area (Å²) in [6.45, 7) is 2.69. The largest absolute Gasteiger partial charge is 0.495 e. The predicted molar refractivity (Wildman–Crippen MR) is 158 cm³/mol. The maximum Gasteiger partial charge on any atom is 0.231 e. The molecule has 0 aromatic carbocycles. The second kappa shape index (κ2) is 12.0. The molecule has 40 heavy (non-hydrogen) atoms. The van der Waals surface area contributed by atoms with Crippen LogP contribution in [0.25, 0.3) is 10.4 Å². The van der Waals surface area contributed by atoms with E-state index in [9.17, 15) is 9.90 Å². The molecule has 3 aliphatic carbocycles. The van der Waals surface area contributed by atoms with E-state index in [1.165, 1.54) is 17.8 Å². The highest BCUT2D eigenvalue weighted by molar-refractivity contribution is 7.15. The molecular formula is C32H40N4O3S. The van der Waals surface area contributed by atoms with Crippen LogP contribution >= 0.6 is 11.3 Å². The summed E-state index contributed by atoms with van der Waals surface area (Å²) >= 11 is 1.77. The fourth-order valence-electron chi connectivity index (χ4n) is 6.41. The molecule has 0 aliphatic heterocycles. The Labute approximate surface area is 241 Å². The Morgan fingerprint density at radius 3 is 2.45 bits per heavy atom. The number of carbonyl (C=O) groups excluding carboxylic acids is 1. The molecule has 3 aromatic rings. The third-order valence-electron chi connectivity index (χ3n) is 9.05. The molecular weight excluding hydrogens is 520 g/mol. The second-order valence-corrected chi connectivity index (χ2v) is 13.0. The van der Waals surface area contributed by atoms with Crippen LogP contribution < -0.4 is 9.64 Å². The molecule has 0 atom stereocenters. The predicted octanol–water partition coefficient (Wildman–Crippen LogP) is 6.65. The highest BCUT2D eigenvalue weighted by atomic mass is 32.1. The number of anilines is 1. The van der Waals surface area contributed by atoms with E-state index < -0.39 is 0 Å². The fraction of sp³-hybridized carbons (Fsp3) is 0.562. The number of aryl methyl sites for hydroxylation is 1. The van der Waals surface area contributed by atoms with Gasteiger partial charge in [-0.2, -0.15) is 0 Å². The van der Waals surface area contributed by atoms with E-state index in [4.69, 9.17) is 14.7 Å². The molecule has 7 nitrogen and oxygen atoms in total. The Bertz CT molecular complexity index is 1320. The lowest BCUT2D eigenvalue weighted by Gasteiger charge is -2.35. The van der Waals surface area contributed by atoms with Gasteiger partial charge in [-0.1, -0.05) is 0 Å².